The average molecular weight is 334 g/mol. The molecule has 0 bridgehead atoms. The molecule has 0 spiro atoms. The van der Waals surface area contributed by atoms with E-state index < -0.39 is 30.7 Å². The molecule has 0 saturated carbocycles. The summed E-state index contributed by atoms with van der Waals surface area (Å²) in [7, 11) is 0. The van der Waals surface area contributed by atoms with E-state index in [1.54, 1.807) is 6.92 Å². The molecule has 128 valence electrons. The second-order valence-corrected chi connectivity index (χ2v) is 5.69. The first-order valence-electron chi connectivity index (χ1n) is 7.34. The number of hydrogen-bond donors (Lipinski definition) is 0. The van der Waals surface area contributed by atoms with Crippen LogP contribution >= 0.6 is 0 Å². The first-order valence-corrected chi connectivity index (χ1v) is 7.34. The van der Waals surface area contributed by atoms with Crippen LogP contribution in [0.5, 0.6) is 0 Å². The van der Waals surface area contributed by atoms with Gasteiger partial charge in [0.2, 0.25) is 11.8 Å². The molecule has 1 amide bonds. The fourth-order valence-corrected chi connectivity index (χ4v) is 3.05. The van der Waals surface area contributed by atoms with Crippen molar-refractivity contribution < 1.29 is 27.2 Å². The van der Waals surface area contributed by atoms with Crippen LogP contribution in [0.15, 0.2) is 4.52 Å². The van der Waals surface area contributed by atoms with Crippen molar-refractivity contribution in [2.75, 3.05) is 32.8 Å². The lowest BCUT2D eigenvalue weighted by molar-refractivity contribution is -0.160. The maximum Gasteiger partial charge on any atom is 0.406 e. The van der Waals surface area contributed by atoms with Crippen LogP contribution in [0.25, 0.3) is 0 Å². The number of nitrogens with zero attached hydrogens (tertiary/aromatic N) is 4. The molecule has 3 rings (SSSR count). The van der Waals surface area contributed by atoms with Crippen molar-refractivity contribution >= 4 is 5.91 Å². The van der Waals surface area contributed by atoms with Crippen molar-refractivity contribution in [3.05, 3.63) is 11.7 Å². The quantitative estimate of drug-likeness (QED) is 0.818. The predicted octanol–water partition coefficient (Wildman–Crippen LogP) is 0.915. The van der Waals surface area contributed by atoms with Crippen LogP contribution in [-0.2, 0) is 9.53 Å². The maximum absolute atomic E-state index is 12.5. The average Bonchev–Trinajstić information content (AvgIpc) is 3.05. The molecule has 10 heteroatoms. The molecule has 2 aliphatic heterocycles. The van der Waals surface area contributed by atoms with Crippen LogP contribution < -0.4 is 0 Å². The number of morpholine rings is 1. The summed E-state index contributed by atoms with van der Waals surface area (Å²) in [5.74, 6) is 0.275. The lowest BCUT2D eigenvalue weighted by Crippen LogP contribution is -2.50. The van der Waals surface area contributed by atoms with Gasteiger partial charge in [0.1, 0.15) is 12.6 Å². The minimum absolute atomic E-state index is 0.0932. The first-order chi connectivity index (χ1) is 10.8. The summed E-state index contributed by atoms with van der Waals surface area (Å²) in [5.41, 5.74) is 0. The number of halogens is 3. The monoisotopic (exact) mass is 334 g/mol. The SMILES string of the molecule is Cc1noc([C@H]2COCCN2[C@@H]2CCN(CC(F)(F)F)C2=O)n1. The molecular weight excluding hydrogens is 317 g/mol. The highest BCUT2D eigenvalue weighted by Crippen LogP contribution is 2.30. The first kappa shape index (κ1) is 16.2. The lowest BCUT2D eigenvalue weighted by Gasteiger charge is -2.36. The van der Waals surface area contributed by atoms with Crippen LogP contribution in [-0.4, -0.2) is 70.9 Å². The van der Waals surface area contributed by atoms with E-state index in [4.69, 9.17) is 9.26 Å². The van der Waals surface area contributed by atoms with E-state index >= 15 is 0 Å². The molecule has 0 aromatic carbocycles. The molecule has 23 heavy (non-hydrogen) atoms. The van der Waals surface area contributed by atoms with Gasteiger partial charge in [-0.15, -0.1) is 0 Å². The van der Waals surface area contributed by atoms with E-state index in [0.29, 0.717) is 31.3 Å². The normalized spacial score (nSPS) is 27.0. The van der Waals surface area contributed by atoms with Crippen molar-refractivity contribution in [1.82, 2.24) is 19.9 Å². The van der Waals surface area contributed by atoms with Gasteiger partial charge in [0.05, 0.1) is 19.3 Å². The number of hydrogen-bond acceptors (Lipinski definition) is 6. The van der Waals surface area contributed by atoms with E-state index in [9.17, 15) is 18.0 Å². The number of ether oxygens (including phenoxy) is 1. The Kier molecular flexibility index (Phi) is 4.28. The van der Waals surface area contributed by atoms with Crippen LogP contribution in [0.4, 0.5) is 13.2 Å². The highest BCUT2D eigenvalue weighted by Gasteiger charge is 2.45. The zero-order valence-electron chi connectivity index (χ0n) is 12.5. The highest BCUT2D eigenvalue weighted by atomic mass is 19.4. The third-order valence-electron chi connectivity index (χ3n) is 4.04. The molecule has 2 fully saturated rings. The Morgan fingerprint density at radius 2 is 2.09 bits per heavy atom. The van der Waals surface area contributed by atoms with Crippen LogP contribution in [0.3, 0.4) is 0 Å². The minimum Gasteiger partial charge on any atom is -0.378 e. The van der Waals surface area contributed by atoms with Gasteiger partial charge in [-0.3, -0.25) is 9.69 Å². The Balaban J connectivity index is 1.75. The molecule has 0 radical (unpaired) electrons. The van der Waals surface area contributed by atoms with Crippen LogP contribution in [0.2, 0.25) is 0 Å². The van der Waals surface area contributed by atoms with E-state index in [2.05, 4.69) is 10.1 Å². The largest absolute Gasteiger partial charge is 0.406 e. The third kappa shape index (κ3) is 3.47. The van der Waals surface area contributed by atoms with E-state index in [1.165, 1.54) is 0 Å². The van der Waals surface area contributed by atoms with Gasteiger partial charge in [0, 0.05) is 13.1 Å². The predicted molar refractivity (Wildman–Crippen MR) is 70.3 cm³/mol. The molecule has 2 aliphatic rings. The Labute approximate surface area is 130 Å². The molecule has 0 N–H and O–H groups in total. The van der Waals surface area contributed by atoms with Gasteiger partial charge >= 0.3 is 6.18 Å². The number of aromatic nitrogens is 2. The summed E-state index contributed by atoms with van der Waals surface area (Å²) in [6, 6.07) is -1.02. The van der Waals surface area contributed by atoms with Crippen molar-refractivity contribution in [1.29, 1.82) is 0 Å². The van der Waals surface area contributed by atoms with Gasteiger partial charge in [0.25, 0.3) is 0 Å². The number of alkyl halides is 3. The molecule has 2 atom stereocenters. The Morgan fingerprint density at radius 1 is 1.30 bits per heavy atom. The molecule has 0 aliphatic carbocycles. The molecule has 7 nitrogen and oxygen atoms in total. The zero-order chi connectivity index (χ0) is 16.6. The highest BCUT2D eigenvalue weighted by molar-refractivity contribution is 5.84. The van der Waals surface area contributed by atoms with Crippen LogP contribution in [0, 0.1) is 6.92 Å². The van der Waals surface area contributed by atoms with Crippen molar-refractivity contribution in [2.24, 2.45) is 0 Å². The fourth-order valence-electron chi connectivity index (χ4n) is 3.05. The van der Waals surface area contributed by atoms with Gasteiger partial charge in [0.15, 0.2) is 5.82 Å². The molecule has 1 aromatic rings. The summed E-state index contributed by atoms with van der Waals surface area (Å²) >= 11 is 0. The summed E-state index contributed by atoms with van der Waals surface area (Å²) < 4.78 is 48.2. The molecular formula is C13H17F3N4O3. The Bertz CT molecular complexity index is 577. The molecule has 2 saturated heterocycles. The summed E-state index contributed by atoms with van der Waals surface area (Å²) in [4.78, 5) is 19.2. The molecule has 3 heterocycles. The van der Waals surface area contributed by atoms with Crippen molar-refractivity contribution in [2.45, 2.75) is 31.6 Å². The molecule has 0 unspecified atom stereocenters. The van der Waals surface area contributed by atoms with Crippen molar-refractivity contribution in [3.63, 3.8) is 0 Å². The van der Waals surface area contributed by atoms with Gasteiger partial charge in [-0.1, -0.05) is 5.16 Å². The fraction of sp³-hybridized carbons (Fsp3) is 0.769. The smallest absolute Gasteiger partial charge is 0.378 e. The van der Waals surface area contributed by atoms with Gasteiger partial charge < -0.3 is 14.2 Å². The summed E-state index contributed by atoms with van der Waals surface area (Å²) in [6.45, 7) is 1.67. The van der Waals surface area contributed by atoms with Crippen molar-refractivity contribution in [3.8, 4) is 0 Å². The zero-order valence-corrected chi connectivity index (χ0v) is 12.5. The summed E-state index contributed by atoms with van der Waals surface area (Å²) in [6.07, 6.45) is -4.04. The summed E-state index contributed by atoms with van der Waals surface area (Å²) in [5, 5.41) is 3.72. The second kappa shape index (κ2) is 6.08. The van der Waals surface area contributed by atoms with Gasteiger partial charge in [-0.2, -0.15) is 18.2 Å². The standard InChI is InChI=1S/C13H17F3N4O3/c1-8-17-11(23-18-8)10-6-22-5-4-20(10)9-2-3-19(12(9)21)7-13(14,15)16/h9-10H,2-7H2,1H3/t9-,10-/m1/s1. The van der Waals surface area contributed by atoms with E-state index in [0.717, 1.165) is 4.90 Å². The maximum atomic E-state index is 12.5. The van der Waals surface area contributed by atoms with E-state index in [-0.39, 0.29) is 13.2 Å². The number of carbonyl (C=O) groups is 1. The van der Waals surface area contributed by atoms with Crippen LogP contribution in [0.1, 0.15) is 24.2 Å². The Morgan fingerprint density at radius 3 is 2.74 bits per heavy atom. The molecule has 1 aromatic heterocycles. The second-order valence-electron chi connectivity index (χ2n) is 5.69. The topological polar surface area (TPSA) is 71.7 Å². The number of rotatable bonds is 3. The Hall–Kier alpha value is -1.68. The van der Waals surface area contributed by atoms with Gasteiger partial charge in [-0.05, 0) is 13.3 Å². The van der Waals surface area contributed by atoms with E-state index in [1.807, 2.05) is 4.90 Å². The van der Waals surface area contributed by atoms with Gasteiger partial charge in [-0.25, -0.2) is 0 Å². The number of amides is 1. The third-order valence-corrected chi connectivity index (χ3v) is 4.04. The number of carbonyl (C=O) groups excluding carboxylic acids is 1. The minimum atomic E-state index is -4.39. The lowest BCUT2D eigenvalue weighted by atomic mass is 10.1. The number of aryl methyl sites for hydroxylation is 1. The number of likely N-dealkylation sites (tertiary alicyclic amines) is 1.